The van der Waals surface area contributed by atoms with Crippen molar-refractivity contribution in [3.05, 3.63) is 29.8 Å². The number of Topliss-reactive ketones (excluding diaryl/α,β-unsaturated/α-hetero) is 1. The molecule has 1 N–H and O–H groups in total. The largest absolute Gasteiger partial charge is 0.459 e. The molecule has 1 rings (SSSR count). The average molecular weight is 434 g/mol. The first-order chi connectivity index (χ1) is 14.0. The molecule has 1 aromatic rings. The maximum Gasteiger partial charge on any atom is 0.328 e. The van der Waals surface area contributed by atoms with Gasteiger partial charge in [-0.15, -0.1) is 0 Å². The molecule has 0 aliphatic rings. The molecule has 7 nitrogen and oxygen atoms in total. The Hall–Kier alpha value is -2.70. The van der Waals surface area contributed by atoms with Crippen molar-refractivity contribution in [2.75, 3.05) is 5.32 Å². The van der Waals surface area contributed by atoms with E-state index in [9.17, 15) is 19.2 Å². The molecule has 0 unspecified atom stereocenters. The van der Waals surface area contributed by atoms with Gasteiger partial charge in [-0.05, 0) is 79.5 Å². The number of benzene rings is 1. The third-order valence-corrected chi connectivity index (χ3v) is 4.29. The molecule has 0 aliphatic heterocycles. The van der Waals surface area contributed by atoms with Gasteiger partial charge in [0, 0.05) is 18.5 Å². The van der Waals surface area contributed by atoms with Crippen molar-refractivity contribution in [1.29, 1.82) is 0 Å². The molecule has 0 atom stereocenters. The van der Waals surface area contributed by atoms with Gasteiger partial charge in [-0.3, -0.25) is 14.4 Å². The normalized spacial score (nSPS) is 12.1. The van der Waals surface area contributed by atoms with E-state index in [1.54, 1.807) is 65.8 Å². The van der Waals surface area contributed by atoms with E-state index in [0.29, 0.717) is 24.1 Å². The number of hydrogen-bond acceptors (Lipinski definition) is 6. The van der Waals surface area contributed by atoms with Crippen LogP contribution in [0.4, 0.5) is 5.69 Å². The Kier molecular flexibility index (Phi) is 8.56. The quantitative estimate of drug-likeness (QED) is 0.484. The summed E-state index contributed by atoms with van der Waals surface area (Å²) in [6.07, 6.45) is 1.07. The van der Waals surface area contributed by atoms with Crippen LogP contribution < -0.4 is 5.32 Å². The summed E-state index contributed by atoms with van der Waals surface area (Å²) in [6.45, 7) is 13.3. The van der Waals surface area contributed by atoms with Crippen LogP contribution in [0.3, 0.4) is 0 Å². The van der Waals surface area contributed by atoms with E-state index >= 15 is 0 Å². The van der Waals surface area contributed by atoms with E-state index in [-0.39, 0.29) is 18.1 Å². The lowest BCUT2D eigenvalue weighted by Crippen LogP contribution is -2.48. The number of ketones is 1. The summed E-state index contributed by atoms with van der Waals surface area (Å²) in [7, 11) is 0. The van der Waals surface area contributed by atoms with Crippen LogP contribution in [0.5, 0.6) is 0 Å². The predicted octanol–water partition coefficient (Wildman–Crippen LogP) is 4.33. The van der Waals surface area contributed by atoms with Gasteiger partial charge >= 0.3 is 11.9 Å². The molecule has 0 bridgehead atoms. The van der Waals surface area contributed by atoms with E-state index < -0.39 is 28.6 Å². The van der Waals surface area contributed by atoms with Gasteiger partial charge in [-0.25, -0.2) is 0 Å². The number of ether oxygens (including phenoxy) is 2. The predicted molar refractivity (Wildman–Crippen MR) is 119 cm³/mol. The molecule has 0 fully saturated rings. The van der Waals surface area contributed by atoms with Gasteiger partial charge in [0.25, 0.3) is 0 Å². The van der Waals surface area contributed by atoms with Gasteiger partial charge < -0.3 is 19.6 Å². The summed E-state index contributed by atoms with van der Waals surface area (Å²) < 4.78 is 11.0. The number of carbonyl (C=O) groups is 4. The molecule has 1 amide bonds. The van der Waals surface area contributed by atoms with Crippen molar-refractivity contribution in [3.8, 4) is 0 Å². The van der Waals surface area contributed by atoms with E-state index in [1.807, 2.05) is 0 Å². The van der Waals surface area contributed by atoms with E-state index in [0.717, 1.165) is 0 Å². The Morgan fingerprint density at radius 3 is 1.61 bits per heavy atom. The van der Waals surface area contributed by atoms with Crippen LogP contribution >= 0.6 is 0 Å². The molecule has 172 valence electrons. The fraction of sp³-hybridized carbons (Fsp3) is 0.583. The first-order valence-corrected chi connectivity index (χ1v) is 10.4. The summed E-state index contributed by atoms with van der Waals surface area (Å²) in [5, 5.41) is 2.75. The molecule has 0 saturated carbocycles. The number of hydrogen-bond donors (Lipinski definition) is 1. The number of nitrogens with one attached hydrogen (secondary N) is 1. The average Bonchev–Trinajstić information content (AvgIpc) is 2.58. The molecular weight excluding hydrogens is 398 g/mol. The van der Waals surface area contributed by atoms with E-state index in [1.165, 1.54) is 13.8 Å². The molecular formula is C24H35NO6. The highest BCUT2D eigenvalue weighted by Gasteiger charge is 2.48. The molecule has 1 aromatic carbocycles. The maximum absolute atomic E-state index is 13.0. The van der Waals surface area contributed by atoms with Crippen LogP contribution in [0.25, 0.3) is 0 Å². The van der Waals surface area contributed by atoms with Crippen molar-refractivity contribution in [1.82, 2.24) is 0 Å². The van der Waals surface area contributed by atoms with Crippen LogP contribution in [-0.4, -0.2) is 34.8 Å². The summed E-state index contributed by atoms with van der Waals surface area (Å²) in [5.41, 5.74) is -2.33. The molecule has 0 saturated heterocycles. The topological polar surface area (TPSA) is 98.8 Å². The Balaban J connectivity index is 3.11. The summed E-state index contributed by atoms with van der Waals surface area (Å²) in [5.74, 6) is -1.60. The van der Waals surface area contributed by atoms with Crippen molar-refractivity contribution in [2.45, 2.75) is 91.3 Å². The van der Waals surface area contributed by atoms with Crippen LogP contribution in [0.15, 0.2) is 24.3 Å². The lowest BCUT2D eigenvalue weighted by Gasteiger charge is -2.32. The van der Waals surface area contributed by atoms with Gasteiger partial charge in [0.2, 0.25) is 5.91 Å². The van der Waals surface area contributed by atoms with Crippen LogP contribution in [-0.2, 0) is 34.1 Å². The minimum absolute atomic E-state index is 0.0423. The molecule has 0 spiro atoms. The van der Waals surface area contributed by atoms with Crippen molar-refractivity contribution in [3.63, 3.8) is 0 Å². The molecule has 0 aromatic heterocycles. The number of carbonyl (C=O) groups excluding carboxylic acids is 4. The number of amides is 1. The first-order valence-electron chi connectivity index (χ1n) is 10.4. The SMILES string of the molecule is CC(=O)CCCC(=O)Nc1ccc(C(C)(C(=O)OC(C)(C)C)C(=O)OC(C)(C)C)cc1. The lowest BCUT2D eigenvalue weighted by atomic mass is 9.82. The van der Waals surface area contributed by atoms with Crippen molar-refractivity contribution in [2.24, 2.45) is 0 Å². The first kappa shape index (κ1) is 26.3. The molecule has 0 radical (unpaired) electrons. The smallest absolute Gasteiger partial charge is 0.328 e. The van der Waals surface area contributed by atoms with E-state index in [4.69, 9.17) is 9.47 Å². The van der Waals surface area contributed by atoms with Gasteiger partial charge in [0.1, 0.15) is 17.0 Å². The fourth-order valence-corrected chi connectivity index (χ4v) is 2.69. The number of rotatable bonds is 8. The second-order valence-corrected chi connectivity index (χ2v) is 9.81. The zero-order valence-electron chi connectivity index (χ0n) is 19.9. The molecule has 31 heavy (non-hydrogen) atoms. The maximum atomic E-state index is 13.0. The van der Waals surface area contributed by atoms with Gasteiger partial charge in [0.05, 0.1) is 0 Å². The summed E-state index contributed by atoms with van der Waals surface area (Å²) in [6, 6.07) is 6.43. The summed E-state index contributed by atoms with van der Waals surface area (Å²) >= 11 is 0. The fourth-order valence-electron chi connectivity index (χ4n) is 2.69. The Bertz CT molecular complexity index is 784. The highest BCUT2D eigenvalue weighted by molar-refractivity contribution is 6.06. The third kappa shape index (κ3) is 8.52. The minimum Gasteiger partial charge on any atom is -0.459 e. The van der Waals surface area contributed by atoms with Crippen molar-refractivity contribution >= 4 is 29.3 Å². The minimum atomic E-state index is -1.68. The van der Waals surface area contributed by atoms with Gasteiger partial charge in [-0.2, -0.15) is 0 Å². The third-order valence-electron chi connectivity index (χ3n) is 4.29. The van der Waals surface area contributed by atoms with Crippen LogP contribution in [0.2, 0.25) is 0 Å². The van der Waals surface area contributed by atoms with Crippen LogP contribution in [0, 0.1) is 0 Å². The van der Waals surface area contributed by atoms with Gasteiger partial charge in [-0.1, -0.05) is 12.1 Å². The molecule has 0 aliphatic carbocycles. The highest BCUT2D eigenvalue weighted by Crippen LogP contribution is 2.32. The molecule has 7 heteroatoms. The number of esters is 2. The molecule has 0 heterocycles. The second kappa shape index (κ2) is 10.1. The monoisotopic (exact) mass is 433 g/mol. The number of anilines is 1. The standard InChI is InChI=1S/C24H35NO6/c1-16(26)10-9-11-19(27)25-18-14-12-17(13-15-18)24(8,20(28)30-22(2,3)4)21(29)31-23(5,6)7/h12-15H,9-11H2,1-8H3,(H,25,27). The van der Waals surface area contributed by atoms with Crippen LogP contribution in [0.1, 0.15) is 80.2 Å². The Labute approximate surface area is 184 Å². The lowest BCUT2D eigenvalue weighted by molar-refractivity contribution is -0.176. The zero-order chi connectivity index (χ0) is 24.0. The summed E-state index contributed by atoms with van der Waals surface area (Å²) in [4.78, 5) is 49.1. The zero-order valence-corrected chi connectivity index (χ0v) is 19.9. The highest BCUT2D eigenvalue weighted by atomic mass is 16.6. The van der Waals surface area contributed by atoms with E-state index in [2.05, 4.69) is 5.32 Å². The Morgan fingerprint density at radius 2 is 1.23 bits per heavy atom. The van der Waals surface area contributed by atoms with Crippen molar-refractivity contribution < 1.29 is 28.7 Å². The Morgan fingerprint density at radius 1 is 0.774 bits per heavy atom. The van der Waals surface area contributed by atoms with Gasteiger partial charge in [0.15, 0.2) is 5.41 Å². The second-order valence-electron chi connectivity index (χ2n) is 9.81.